The van der Waals surface area contributed by atoms with Gasteiger partial charge in [-0.3, -0.25) is 25.0 Å². The number of rotatable bonds is 9. The number of imide groups is 1. The third-order valence-corrected chi connectivity index (χ3v) is 7.83. The molecule has 0 spiro atoms. The fourth-order valence-corrected chi connectivity index (χ4v) is 5.39. The van der Waals surface area contributed by atoms with E-state index in [4.69, 9.17) is 0 Å². The van der Waals surface area contributed by atoms with E-state index in [-0.39, 0.29) is 24.1 Å². The van der Waals surface area contributed by atoms with Gasteiger partial charge in [-0.15, -0.1) is 5.10 Å². The average molecular weight is 532 g/mol. The number of benzene rings is 2. The van der Waals surface area contributed by atoms with E-state index in [1.54, 1.807) is 16.8 Å². The summed E-state index contributed by atoms with van der Waals surface area (Å²) in [5.74, 6) is -0.213. The minimum Gasteiger partial charge on any atom is -0.322 e. The van der Waals surface area contributed by atoms with Crippen LogP contribution in [0, 0.1) is 11.7 Å². The number of halogens is 1. The summed E-state index contributed by atoms with van der Waals surface area (Å²) in [4.78, 5) is 38.7. The highest BCUT2D eigenvalue weighted by molar-refractivity contribution is 6.05. The molecule has 3 amide bonds. The van der Waals surface area contributed by atoms with Crippen LogP contribution in [0.4, 0.5) is 4.39 Å². The predicted octanol–water partition coefficient (Wildman–Crippen LogP) is 2.42. The van der Waals surface area contributed by atoms with E-state index in [0.717, 1.165) is 36.0 Å². The smallest absolute Gasteiger partial charge is 0.255 e. The number of nitrogens with one attached hydrogen (secondary N) is 2. The van der Waals surface area contributed by atoms with Crippen LogP contribution in [0.25, 0.3) is 0 Å². The molecule has 39 heavy (non-hydrogen) atoms. The summed E-state index contributed by atoms with van der Waals surface area (Å²) in [7, 11) is 0. The number of aryl methyl sites for hydroxylation is 1. The molecule has 3 heterocycles. The van der Waals surface area contributed by atoms with E-state index in [0.29, 0.717) is 48.9 Å². The fraction of sp³-hybridized carbons (Fsp3) is 0.429. The molecule has 1 saturated heterocycles. The summed E-state index contributed by atoms with van der Waals surface area (Å²) < 4.78 is 17.1. The highest BCUT2D eigenvalue weighted by Crippen LogP contribution is 2.32. The molecule has 2 unspecified atom stereocenters. The van der Waals surface area contributed by atoms with Crippen LogP contribution < -0.4 is 10.6 Å². The van der Waals surface area contributed by atoms with Gasteiger partial charge in [0.2, 0.25) is 11.8 Å². The quantitative estimate of drug-likeness (QED) is 0.407. The normalized spacial score (nSPS) is 19.8. The van der Waals surface area contributed by atoms with Gasteiger partial charge >= 0.3 is 0 Å². The first kappa shape index (κ1) is 25.3. The van der Waals surface area contributed by atoms with Gasteiger partial charge in [0.25, 0.3) is 5.91 Å². The number of fused-ring (bicyclic) bond motifs is 1. The molecule has 1 aliphatic carbocycles. The van der Waals surface area contributed by atoms with E-state index >= 15 is 4.39 Å². The second kappa shape index (κ2) is 10.3. The Labute approximate surface area is 224 Å². The highest BCUT2D eigenvalue weighted by Gasteiger charge is 2.39. The van der Waals surface area contributed by atoms with Crippen molar-refractivity contribution in [3.8, 4) is 0 Å². The summed E-state index contributed by atoms with van der Waals surface area (Å²) >= 11 is 0. The first-order valence-corrected chi connectivity index (χ1v) is 13.5. The van der Waals surface area contributed by atoms with Gasteiger partial charge in [0.1, 0.15) is 11.9 Å². The SMILES string of the molecule is CCc1ccc(C(NCc2ccc3c(c2)C(=O)N(C2CCC(=O)NC2=O)C3)c2nnnn2CC2CC2)c(F)c1. The molecular weight excluding hydrogens is 501 g/mol. The zero-order valence-corrected chi connectivity index (χ0v) is 21.7. The molecule has 1 aromatic heterocycles. The van der Waals surface area contributed by atoms with E-state index in [2.05, 4.69) is 26.2 Å². The van der Waals surface area contributed by atoms with Gasteiger partial charge in [-0.05, 0) is 70.9 Å². The van der Waals surface area contributed by atoms with Crippen LogP contribution in [0.3, 0.4) is 0 Å². The van der Waals surface area contributed by atoms with Gasteiger partial charge in [-0.25, -0.2) is 9.07 Å². The van der Waals surface area contributed by atoms with Gasteiger partial charge in [0, 0.05) is 37.2 Å². The topological polar surface area (TPSA) is 122 Å². The molecule has 11 heteroatoms. The third kappa shape index (κ3) is 5.06. The molecule has 3 aromatic rings. The number of nitrogens with zero attached hydrogens (tertiary/aromatic N) is 5. The van der Waals surface area contributed by atoms with Gasteiger partial charge in [0.05, 0.1) is 6.04 Å². The summed E-state index contributed by atoms with van der Waals surface area (Å²) in [6, 6.07) is 9.63. The minimum absolute atomic E-state index is 0.211. The Morgan fingerprint density at radius 3 is 2.67 bits per heavy atom. The number of piperidine rings is 1. The Kier molecular flexibility index (Phi) is 6.68. The zero-order chi connectivity index (χ0) is 27.1. The van der Waals surface area contributed by atoms with Crippen LogP contribution in [0.1, 0.15) is 77.1 Å². The molecule has 2 aliphatic heterocycles. The van der Waals surface area contributed by atoms with Crippen LogP contribution >= 0.6 is 0 Å². The minimum atomic E-state index is -0.659. The zero-order valence-electron chi connectivity index (χ0n) is 21.7. The van der Waals surface area contributed by atoms with Gasteiger partial charge < -0.3 is 4.90 Å². The monoisotopic (exact) mass is 531 g/mol. The Morgan fingerprint density at radius 2 is 1.92 bits per heavy atom. The number of carbonyl (C=O) groups is 3. The molecule has 1 saturated carbocycles. The van der Waals surface area contributed by atoms with E-state index in [9.17, 15) is 14.4 Å². The maximum Gasteiger partial charge on any atom is 0.255 e. The number of hydrogen-bond donors (Lipinski definition) is 2. The first-order chi connectivity index (χ1) is 18.9. The van der Waals surface area contributed by atoms with Crippen molar-refractivity contribution in [1.29, 1.82) is 0 Å². The number of tetrazole rings is 1. The second-order valence-corrected chi connectivity index (χ2v) is 10.6. The maximum absolute atomic E-state index is 15.3. The standard InChI is InChI=1S/C28H30FN7O3/c1-2-16-6-8-20(22(29)12-16)25(26-32-33-34-36(26)14-17-3-4-17)30-13-18-5-7-19-15-35(28(39)21(19)11-18)23-9-10-24(37)31-27(23)38/h5-8,11-12,17,23,25,30H,2-4,9-10,13-15H2,1H3,(H,31,37,38). The third-order valence-electron chi connectivity index (χ3n) is 7.83. The van der Waals surface area contributed by atoms with Crippen molar-refractivity contribution in [2.45, 2.75) is 70.7 Å². The van der Waals surface area contributed by atoms with Crippen molar-refractivity contribution in [3.05, 3.63) is 75.9 Å². The van der Waals surface area contributed by atoms with E-state index in [1.807, 2.05) is 31.2 Å². The molecule has 10 nitrogen and oxygen atoms in total. The molecule has 0 radical (unpaired) electrons. The molecule has 3 aliphatic rings. The van der Waals surface area contributed by atoms with Gasteiger partial charge in [0.15, 0.2) is 5.82 Å². The van der Waals surface area contributed by atoms with Crippen LogP contribution in [0.15, 0.2) is 36.4 Å². The Hall–Kier alpha value is -3.99. The van der Waals surface area contributed by atoms with E-state index < -0.39 is 18.0 Å². The Bertz CT molecular complexity index is 1450. The summed E-state index contributed by atoms with van der Waals surface area (Å²) in [6.07, 6.45) is 3.53. The largest absolute Gasteiger partial charge is 0.322 e. The first-order valence-electron chi connectivity index (χ1n) is 13.5. The van der Waals surface area contributed by atoms with Crippen LogP contribution in [-0.2, 0) is 35.6 Å². The van der Waals surface area contributed by atoms with Crippen molar-refractivity contribution < 1.29 is 18.8 Å². The second-order valence-electron chi connectivity index (χ2n) is 10.6. The molecule has 2 fully saturated rings. The lowest BCUT2D eigenvalue weighted by Crippen LogP contribution is -2.52. The number of amides is 3. The average Bonchev–Trinajstić information content (AvgIpc) is 3.53. The van der Waals surface area contributed by atoms with Crippen LogP contribution in [0.2, 0.25) is 0 Å². The summed E-state index contributed by atoms with van der Waals surface area (Å²) in [5, 5.41) is 18.1. The Balaban J connectivity index is 1.24. The fourth-order valence-electron chi connectivity index (χ4n) is 5.39. The molecule has 0 bridgehead atoms. The molecule has 2 aromatic carbocycles. The van der Waals surface area contributed by atoms with Crippen molar-refractivity contribution in [1.82, 2.24) is 35.7 Å². The lowest BCUT2D eigenvalue weighted by molar-refractivity contribution is -0.136. The van der Waals surface area contributed by atoms with Crippen molar-refractivity contribution in [2.75, 3.05) is 0 Å². The van der Waals surface area contributed by atoms with E-state index in [1.165, 1.54) is 4.90 Å². The van der Waals surface area contributed by atoms with Crippen molar-refractivity contribution in [2.24, 2.45) is 5.92 Å². The number of hydrogen-bond acceptors (Lipinski definition) is 7. The number of aromatic nitrogens is 4. The van der Waals surface area contributed by atoms with Crippen LogP contribution in [0.5, 0.6) is 0 Å². The van der Waals surface area contributed by atoms with Crippen molar-refractivity contribution in [3.63, 3.8) is 0 Å². The lowest BCUT2D eigenvalue weighted by atomic mass is 10.0. The summed E-state index contributed by atoms with van der Waals surface area (Å²) in [5.41, 5.74) is 3.57. The van der Waals surface area contributed by atoms with Crippen molar-refractivity contribution >= 4 is 17.7 Å². The number of carbonyl (C=O) groups excluding carboxylic acids is 3. The van der Waals surface area contributed by atoms with Gasteiger partial charge in [-0.2, -0.15) is 0 Å². The Morgan fingerprint density at radius 1 is 1.10 bits per heavy atom. The molecule has 2 N–H and O–H groups in total. The maximum atomic E-state index is 15.3. The molecule has 2 atom stereocenters. The van der Waals surface area contributed by atoms with Crippen LogP contribution in [-0.4, -0.2) is 48.9 Å². The highest BCUT2D eigenvalue weighted by atomic mass is 19.1. The van der Waals surface area contributed by atoms with Gasteiger partial charge in [-0.1, -0.05) is 31.2 Å². The lowest BCUT2D eigenvalue weighted by Gasteiger charge is -2.29. The molecule has 202 valence electrons. The molecule has 6 rings (SSSR count). The molecular formula is C28H30FN7O3. The predicted molar refractivity (Wildman–Crippen MR) is 137 cm³/mol. The summed E-state index contributed by atoms with van der Waals surface area (Å²) in [6.45, 7) is 3.34.